The number of rotatable bonds is 6. The Bertz CT molecular complexity index is 1080. The van der Waals surface area contributed by atoms with Gasteiger partial charge in [0.05, 0.1) is 26.5 Å². The van der Waals surface area contributed by atoms with Gasteiger partial charge in [-0.25, -0.2) is 0 Å². The second-order valence-electron chi connectivity index (χ2n) is 6.47. The molecule has 0 radical (unpaired) electrons. The maximum absolute atomic E-state index is 12.8. The number of nitrogens with one attached hydrogen (secondary N) is 1. The minimum atomic E-state index is -0.397. The van der Waals surface area contributed by atoms with E-state index < -0.39 is 11.8 Å². The Morgan fingerprint density at radius 3 is 2.59 bits per heavy atom. The lowest BCUT2D eigenvalue weighted by molar-refractivity contribution is -0.116. The van der Waals surface area contributed by atoms with Crippen molar-refractivity contribution < 1.29 is 23.5 Å². The number of carbonyl (C=O) groups excluding carboxylic acids is 2. The molecule has 7 nitrogen and oxygen atoms in total. The van der Waals surface area contributed by atoms with E-state index in [9.17, 15) is 9.59 Å². The first kappa shape index (κ1) is 20.5. The van der Waals surface area contributed by atoms with E-state index >= 15 is 0 Å². The minimum absolute atomic E-state index is 0.172. The molecule has 1 aromatic heterocycles. The van der Waals surface area contributed by atoms with Crippen LogP contribution in [0.3, 0.4) is 0 Å². The van der Waals surface area contributed by atoms with Gasteiger partial charge >= 0.3 is 0 Å². The SMILES string of the molecule is COc1ccc2oc(C(=O)N(C)CC(=O)Nc3cc(Cl)ccc3OC)c(C)c2c1. The summed E-state index contributed by atoms with van der Waals surface area (Å²) < 4.78 is 16.2. The lowest BCUT2D eigenvalue weighted by Crippen LogP contribution is -2.35. The predicted octanol–water partition coefficient (Wildman–Crippen LogP) is 4.12. The molecule has 0 aliphatic rings. The third-order valence-electron chi connectivity index (χ3n) is 4.50. The summed E-state index contributed by atoms with van der Waals surface area (Å²) in [6.45, 7) is 1.62. The summed E-state index contributed by atoms with van der Waals surface area (Å²) in [7, 11) is 4.60. The van der Waals surface area contributed by atoms with Gasteiger partial charge in [0, 0.05) is 23.0 Å². The zero-order chi connectivity index (χ0) is 21.1. The number of likely N-dealkylation sites (N-methyl/N-ethyl adjacent to an activating group) is 1. The Morgan fingerprint density at radius 1 is 1.14 bits per heavy atom. The third-order valence-corrected chi connectivity index (χ3v) is 4.74. The number of hydrogen-bond acceptors (Lipinski definition) is 5. The fourth-order valence-corrected chi connectivity index (χ4v) is 3.13. The molecule has 0 unspecified atom stereocenters. The normalized spacial score (nSPS) is 10.7. The van der Waals surface area contributed by atoms with E-state index in [4.69, 9.17) is 25.5 Å². The number of nitrogens with zero attached hydrogens (tertiary/aromatic N) is 1. The molecule has 2 amide bonds. The van der Waals surface area contributed by atoms with E-state index in [1.807, 2.05) is 6.07 Å². The van der Waals surface area contributed by atoms with Crippen LogP contribution in [0.1, 0.15) is 16.1 Å². The molecular weight excluding hydrogens is 396 g/mol. The molecule has 0 fully saturated rings. The first-order valence-corrected chi connectivity index (χ1v) is 9.17. The molecule has 1 N–H and O–H groups in total. The van der Waals surface area contributed by atoms with Crippen LogP contribution in [0.4, 0.5) is 5.69 Å². The summed E-state index contributed by atoms with van der Waals surface area (Å²) in [6.07, 6.45) is 0. The molecule has 0 aliphatic heterocycles. The van der Waals surface area contributed by atoms with E-state index in [-0.39, 0.29) is 12.3 Å². The number of hydrogen-bond donors (Lipinski definition) is 1. The van der Waals surface area contributed by atoms with Gasteiger partial charge in [0.25, 0.3) is 5.91 Å². The number of ether oxygens (including phenoxy) is 2. The van der Waals surface area contributed by atoms with Gasteiger partial charge in [-0.15, -0.1) is 0 Å². The molecule has 3 rings (SSSR count). The number of aryl methyl sites for hydroxylation is 1. The van der Waals surface area contributed by atoms with Crippen molar-refractivity contribution in [3.05, 3.63) is 52.7 Å². The zero-order valence-electron chi connectivity index (χ0n) is 16.5. The average Bonchev–Trinajstić information content (AvgIpc) is 3.03. The number of halogens is 1. The monoisotopic (exact) mass is 416 g/mol. The molecule has 1 heterocycles. The van der Waals surface area contributed by atoms with Crippen molar-refractivity contribution in [1.82, 2.24) is 4.90 Å². The lowest BCUT2D eigenvalue weighted by Gasteiger charge is -2.17. The van der Waals surface area contributed by atoms with Gasteiger partial charge in [0.2, 0.25) is 5.91 Å². The third kappa shape index (κ3) is 4.30. The minimum Gasteiger partial charge on any atom is -0.497 e. The van der Waals surface area contributed by atoms with Gasteiger partial charge in [-0.05, 0) is 43.3 Å². The highest BCUT2D eigenvalue weighted by Crippen LogP contribution is 2.30. The summed E-state index contributed by atoms with van der Waals surface area (Å²) in [4.78, 5) is 26.5. The van der Waals surface area contributed by atoms with Gasteiger partial charge in [0.1, 0.15) is 17.1 Å². The summed E-state index contributed by atoms with van der Waals surface area (Å²) in [5.41, 5.74) is 1.69. The van der Waals surface area contributed by atoms with E-state index in [1.165, 1.54) is 19.1 Å². The zero-order valence-corrected chi connectivity index (χ0v) is 17.3. The van der Waals surface area contributed by atoms with Crippen LogP contribution in [0.25, 0.3) is 11.0 Å². The highest BCUT2D eigenvalue weighted by molar-refractivity contribution is 6.31. The van der Waals surface area contributed by atoms with E-state index in [0.29, 0.717) is 33.4 Å². The molecule has 8 heteroatoms. The molecule has 0 atom stereocenters. The van der Waals surface area contributed by atoms with Crippen LogP contribution in [0, 0.1) is 6.92 Å². The Kier molecular flexibility index (Phi) is 5.98. The van der Waals surface area contributed by atoms with Crippen LogP contribution in [-0.4, -0.2) is 44.5 Å². The summed E-state index contributed by atoms with van der Waals surface area (Å²) in [6, 6.07) is 10.2. The summed E-state index contributed by atoms with van der Waals surface area (Å²) in [5, 5.41) is 3.95. The van der Waals surface area contributed by atoms with Gasteiger partial charge in [-0.1, -0.05) is 11.6 Å². The van der Waals surface area contributed by atoms with Crippen LogP contribution < -0.4 is 14.8 Å². The summed E-state index contributed by atoms with van der Waals surface area (Å²) in [5.74, 6) is 0.536. The number of methoxy groups -OCH3 is 2. The maximum atomic E-state index is 12.8. The Labute approximate surface area is 173 Å². The Balaban J connectivity index is 1.75. The topological polar surface area (TPSA) is 81.0 Å². The molecule has 2 aromatic carbocycles. The molecule has 29 heavy (non-hydrogen) atoms. The van der Waals surface area contributed by atoms with Crippen LogP contribution in [0.5, 0.6) is 11.5 Å². The second-order valence-corrected chi connectivity index (χ2v) is 6.91. The first-order chi connectivity index (χ1) is 13.8. The van der Waals surface area contributed by atoms with Crippen molar-refractivity contribution in [2.24, 2.45) is 0 Å². The number of anilines is 1. The number of furan rings is 1. The quantitative estimate of drug-likeness (QED) is 0.653. The van der Waals surface area contributed by atoms with E-state index in [0.717, 1.165) is 5.39 Å². The number of amides is 2. The molecule has 0 saturated heterocycles. The molecule has 0 bridgehead atoms. The second kappa shape index (κ2) is 8.45. The number of fused-ring (bicyclic) bond motifs is 1. The van der Waals surface area contributed by atoms with Crippen LogP contribution in [0.15, 0.2) is 40.8 Å². The van der Waals surface area contributed by atoms with E-state index in [1.54, 1.807) is 44.4 Å². The highest BCUT2D eigenvalue weighted by atomic mass is 35.5. The highest BCUT2D eigenvalue weighted by Gasteiger charge is 2.23. The standard InChI is InChI=1S/C21H21ClN2O5/c1-12-15-10-14(27-3)6-8-17(15)29-20(12)21(26)24(2)11-19(25)23-16-9-13(22)5-7-18(16)28-4/h5-10H,11H2,1-4H3,(H,23,25). The predicted molar refractivity (Wildman–Crippen MR) is 111 cm³/mol. The molecule has 0 saturated carbocycles. The maximum Gasteiger partial charge on any atom is 0.290 e. The Morgan fingerprint density at radius 2 is 1.90 bits per heavy atom. The molecule has 0 spiro atoms. The van der Waals surface area contributed by atoms with Crippen molar-refractivity contribution in [3.63, 3.8) is 0 Å². The van der Waals surface area contributed by atoms with Gasteiger partial charge < -0.3 is 24.1 Å². The van der Waals surface area contributed by atoms with Crippen LogP contribution in [0.2, 0.25) is 5.02 Å². The fourth-order valence-electron chi connectivity index (χ4n) is 2.96. The van der Waals surface area contributed by atoms with Gasteiger partial charge in [-0.3, -0.25) is 9.59 Å². The number of benzene rings is 2. The van der Waals surface area contributed by atoms with Crippen molar-refractivity contribution in [1.29, 1.82) is 0 Å². The average molecular weight is 417 g/mol. The smallest absolute Gasteiger partial charge is 0.290 e. The van der Waals surface area contributed by atoms with Crippen molar-refractivity contribution >= 4 is 40.1 Å². The largest absolute Gasteiger partial charge is 0.497 e. The van der Waals surface area contributed by atoms with Gasteiger partial charge in [0.15, 0.2) is 5.76 Å². The molecule has 0 aliphatic carbocycles. The van der Waals surface area contributed by atoms with Crippen LogP contribution >= 0.6 is 11.6 Å². The van der Waals surface area contributed by atoms with E-state index in [2.05, 4.69) is 5.32 Å². The molecular formula is C21H21ClN2O5. The van der Waals surface area contributed by atoms with Crippen molar-refractivity contribution in [2.75, 3.05) is 33.1 Å². The van der Waals surface area contributed by atoms with Crippen molar-refractivity contribution in [2.45, 2.75) is 6.92 Å². The first-order valence-electron chi connectivity index (χ1n) is 8.80. The summed E-state index contributed by atoms with van der Waals surface area (Å²) >= 11 is 5.98. The Hall–Kier alpha value is -3.19. The van der Waals surface area contributed by atoms with Gasteiger partial charge in [-0.2, -0.15) is 0 Å². The molecule has 152 valence electrons. The molecule has 3 aromatic rings. The fraction of sp³-hybridized carbons (Fsp3) is 0.238. The van der Waals surface area contributed by atoms with Crippen LogP contribution in [-0.2, 0) is 4.79 Å². The van der Waals surface area contributed by atoms with Crippen molar-refractivity contribution in [3.8, 4) is 11.5 Å². The lowest BCUT2D eigenvalue weighted by atomic mass is 10.1. The number of carbonyl (C=O) groups is 2.